The molecule has 4 nitrogen and oxygen atoms in total. The fourth-order valence-corrected chi connectivity index (χ4v) is 6.98. The topological polar surface area (TPSA) is 77.8 Å². The first-order valence-corrected chi connectivity index (χ1v) is 11.1. The molecule has 0 aliphatic heterocycles. The summed E-state index contributed by atoms with van der Waals surface area (Å²) in [7, 11) is 0. The van der Waals surface area contributed by atoms with Gasteiger partial charge in [-0.3, -0.25) is 4.79 Å². The average Bonchev–Trinajstić information content (AvgIpc) is 2.93. The van der Waals surface area contributed by atoms with E-state index >= 15 is 0 Å². The summed E-state index contributed by atoms with van der Waals surface area (Å²) < 4.78 is 0. The van der Waals surface area contributed by atoms with E-state index in [1.165, 1.54) is 11.1 Å². The molecule has 1 aromatic carbocycles. The minimum absolute atomic E-state index is 0.133. The summed E-state index contributed by atoms with van der Waals surface area (Å²) in [5.74, 6) is 12.3. The second-order valence-corrected chi connectivity index (χ2v) is 9.87. The lowest BCUT2D eigenvalue weighted by atomic mass is 9.53. The van der Waals surface area contributed by atoms with Gasteiger partial charge >= 0.3 is 0 Å². The van der Waals surface area contributed by atoms with E-state index in [0.717, 1.165) is 32.1 Å². The van der Waals surface area contributed by atoms with Crippen molar-refractivity contribution in [3.63, 3.8) is 0 Å². The standard InChI is InChI=1S/C26H28O4/c1-25-11-10-22-21-8-6-20(29)13-16(21)5-7-23(22)24(25)15-17-14-19(28)4-2-3-18(27)9-12-26(17,25)30/h6,8,13,17-18,22-24,27,29-30H,3,5,7,10-11,14-15H2,1H3/t17-,18+,22-,23-,24+,25+,26+/m1/s1. The van der Waals surface area contributed by atoms with Gasteiger partial charge < -0.3 is 15.3 Å². The molecule has 3 N–H and O–H groups in total. The van der Waals surface area contributed by atoms with E-state index in [4.69, 9.17) is 0 Å². The smallest absolute Gasteiger partial charge is 0.205 e. The van der Waals surface area contributed by atoms with Crippen molar-refractivity contribution >= 4 is 5.78 Å². The Bertz CT molecular complexity index is 1020. The summed E-state index contributed by atoms with van der Waals surface area (Å²) in [4.78, 5) is 12.4. The minimum atomic E-state index is -1.28. The lowest BCUT2D eigenvalue weighted by Crippen LogP contribution is -2.52. The molecule has 0 unspecified atom stereocenters. The number of benzene rings is 1. The minimum Gasteiger partial charge on any atom is -0.508 e. The summed E-state index contributed by atoms with van der Waals surface area (Å²) in [6.45, 7) is 2.14. The lowest BCUT2D eigenvalue weighted by Gasteiger charge is -2.52. The molecule has 4 heteroatoms. The van der Waals surface area contributed by atoms with E-state index in [9.17, 15) is 20.1 Å². The van der Waals surface area contributed by atoms with Crippen LogP contribution in [0.15, 0.2) is 18.2 Å². The van der Waals surface area contributed by atoms with Gasteiger partial charge in [0.25, 0.3) is 0 Å². The Labute approximate surface area is 177 Å². The normalized spacial score (nSPS) is 41.7. The Morgan fingerprint density at radius 2 is 2.07 bits per heavy atom. The molecule has 0 amide bonds. The molecular formula is C26H28O4. The first kappa shape index (κ1) is 19.7. The zero-order valence-corrected chi connectivity index (χ0v) is 17.3. The van der Waals surface area contributed by atoms with Crippen LogP contribution in [0.2, 0.25) is 0 Å². The molecule has 5 rings (SSSR count). The van der Waals surface area contributed by atoms with Crippen LogP contribution in [-0.2, 0) is 11.2 Å². The maximum absolute atomic E-state index is 12.4. The molecule has 0 saturated heterocycles. The Hall–Kier alpha value is -2.27. The van der Waals surface area contributed by atoms with E-state index in [0.29, 0.717) is 17.6 Å². The number of phenols is 1. The van der Waals surface area contributed by atoms with Crippen LogP contribution in [0.5, 0.6) is 5.75 Å². The van der Waals surface area contributed by atoms with Gasteiger partial charge in [-0.05, 0) is 79.0 Å². The van der Waals surface area contributed by atoms with Crippen LogP contribution in [0, 0.1) is 46.9 Å². The molecule has 4 aliphatic carbocycles. The average molecular weight is 405 g/mol. The zero-order chi connectivity index (χ0) is 21.1. The van der Waals surface area contributed by atoms with Gasteiger partial charge in [-0.2, -0.15) is 0 Å². The number of ketones is 1. The third-order valence-corrected chi connectivity index (χ3v) is 8.48. The van der Waals surface area contributed by atoms with E-state index in [1.807, 2.05) is 6.07 Å². The highest BCUT2D eigenvalue weighted by Crippen LogP contribution is 2.66. The van der Waals surface area contributed by atoms with Crippen molar-refractivity contribution in [2.24, 2.45) is 23.2 Å². The second kappa shape index (κ2) is 6.88. The van der Waals surface area contributed by atoms with Crippen LogP contribution in [0.4, 0.5) is 0 Å². The summed E-state index contributed by atoms with van der Waals surface area (Å²) in [6.07, 6.45) is 3.92. The van der Waals surface area contributed by atoms with E-state index < -0.39 is 17.1 Å². The number of aliphatic hydroxyl groups is 2. The molecule has 0 heterocycles. The van der Waals surface area contributed by atoms with Gasteiger partial charge in [0.05, 0.1) is 0 Å². The molecule has 2 fully saturated rings. The molecule has 156 valence electrons. The molecule has 4 aliphatic rings. The van der Waals surface area contributed by atoms with Crippen LogP contribution in [0.25, 0.3) is 0 Å². The number of hydrogen-bond acceptors (Lipinski definition) is 4. The lowest BCUT2D eigenvalue weighted by molar-refractivity contribution is -0.118. The van der Waals surface area contributed by atoms with Crippen LogP contribution < -0.4 is 0 Å². The highest BCUT2D eigenvalue weighted by molar-refractivity contribution is 5.95. The third kappa shape index (κ3) is 2.82. The Morgan fingerprint density at radius 3 is 2.90 bits per heavy atom. The monoisotopic (exact) mass is 404 g/mol. The van der Waals surface area contributed by atoms with Crippen molar-refractivity contribution < 1.29 is 20.1 Å². The molecule has 1 aromatic rings. The largest absolute Gasteiger partial charge is 0.508 e. The first-order valence-electron chi connectivity index (χ1n) is 11.1. The highest BCUT2D eigenvalue weighted by atomic mass is 16.3. The zero-order valence-electron chi connectivity index (χ0n) is 17.3. The number of phenolic OH excluding ortho intramolecular Hbond substituents is 1. The summed E-state index contributed by atoms with van der Waals surface area (Å²) >= 11 is 0. The molecule has 0 spiro atoms. The number of carbonyl (C=O) groups is 1. The molecule has 0 bridgehead atoms. The first-order chi connectivity index (χ1) is 14.3. The molecule has 7 atom stereocenters. The third-order valence-electron chi connectivity index (χ3n) is 8.48. The molecule has 0 aromatic heterocycles. The van der Waals surface area contributed by atoms with E-state index in [2.05, 4.69) is 36.7 Å². The van der Waals surface area contributed by atoms with Crippen LogP contribution >= 0.6 is 0 Å². The fraction of sp³-hybridized carbons (Fsp3) is 0.577. The van der Waals surface area contributed by atoms with Crippen molar-refractivity contribution in [3.8, 4) is 29.4 Å². The molecule has 2 saturated carbocycles. The number of aryl methyl sites for hydroxylation is 1. The number of aromatic hydroxyl groups is 1. The van der Waals surface area contributed by atoms with Gasteiger partial charge in [0, 0.05) is 24.2 Å². The van der Waals surface area contributed by atoms with E-state index in [1.54, 1.807) is 6.07 Å². The maximum atomic E-state index is 12.4. The number of rotatable bonds is 0. The summed E-state index contributed by atoms with van der Waals surface area (Å²) in [6, 6.07) is 5.75. The number of carbonyl (C=O) groups excluding carboxylic acids is 1. The predicted molar refractivity (Wildman–Crippen MR) is 112 cm³/mol. The summed E-state index contributed by atoms with van der Waals surface area (Å²) in [5, 5.41) is 31.9. The number of fused-ring (bicyclic) bond motifs is 7. The van der Waals surface area contributed by atoms with Crippen molar-refractivity contribution in [3.05, 3.63) is 29.3 Å². The highest BCUT2D eigenvalue weighted by Gasteiger charge is 2.65. The quantitative estimate of drug-likeness (QED) is 0.459. The van der Waals surface area contributed by atoms with Gasteiger partial charge in [0.2, 0.25) is 5.78 Å². The van der Waals surface area contributed by atoms with Gasteiger partial charge in [0.15, 0.2) is 0 Å². The van der Waals surface area contributed by atoms with Crippen molar-refractivity contribution in [2.45, 2.75) is 69.5 Å². The van der Waals surface area contributed by atoms with Gasteiger partial charge in [-0.1, -0.05) is 30.8 Å². The van der Waals surface area contributed by atoms with Crippen molar-refractivity contribution in [2.75, 3.05) is 0 Å². The second-order valence-electron chi connectivity index (χ2n) is 9.87. The Kier molecular flexibility index (Phi) is 4.51. The van der Waals surface area contributed by atoms with Gasteiger partial charge in [-0.15, -0.1) is 0 Å². The summed E-state index contributed by atoms with van der Waals surface area (Å²) in [5.41, 5.74) is 0.879. The fourth-order valence-electron chi connectivity index (χ4n) is 6.98. The Balaban J connectivity index is 1.54. The molecular weight excluding hydrogens is 376 g/mol. The maximum Gasteiger partial charge on any atom is 0.205 e. The van der Waals surface area contributed by atoms with Crippen LogP contribution in [0.1, 0.15) is 62.5 Å². The SMILES string of the molecule is C[C@]12CC[C@@H]3c4ccc(O)cc4CC[C@H]3[C@@H]1C[C@H]1CC(=O)C#CC[C@H](O)C#C[C@]12O. The van der Waals surface area contributed by atoms with Crippen molar-refractivity contribution in [1.29, 1.82) is 0 Å². The van der Waals surface area contributed by atoms with Crippen molar-refractivity contribution in [1.82, 2.24) is 0 Å². The number of Topliss-reactive ketones (excluding diaryl/α,β-unsaturated/α-hetero) is 1. The molecule has 0 radical (unpaired) electrons. The number of aliphatic hydroxyl groups excluding tert-OH is 1. The van der Waals surface area contributed by atoms with Gasteiger partial charge in [-0.25, -0.2) is 0 Å². The predicted octanol–water partition coefficient (Wildman–Crippen LogP) is 2.94. The molecule has 30 heavy (non-hydrogen) atoms. The Morgan fingerprint density at radius 1 is 1.23 bits per heavy atom. The van der Waals surface area contributed by atoms with Crippen LogP contribution in [-0.4, -0.2) is 32.8 Å². The van der Waals surface area contributed by atoms with E-state index in [-0.39, 0.29) is 30.5 Å². The van der Waals surface area contributed by atoms with Crippen LogP contribution in [0.3, 0.4) is 0 Å². The van der Waals surface area contributed by atoms with Gasteiger partial charge in [0.1, 0.15) is 17.5 Å². The number of hydrogen-bond donors (Lipinski definition) is 3.